The summed E-state index contributed by atoms with van der Waals surface area (Å²) < 4.78 is 4.60. The minimum absolute atomic E-state index is 0.142. The molecule has 0 spiro atoms. The van der Waals surface area contributed by atoms with Crippen LogP contribution >= 0.6 is 11.6 Å². The fourth-order valence-corrected chi connectivity index (χ4v) is 2.10. The Bertz CT molecular complexity index is 573. The number of halogens is 1. The lowest BCUT2D eigenvalue weighted by Gasteiger charge is -2.10. The van der Waals surface area contributed by atoms with Crippen LogP contribution in [0, 0.1) is 5.92 Å². The van der Waals surface area contributed by atoms with E-state index in [-0.39, 0.29) is 28.8 Å². The molecule has 0 bridgehead atoms. The number of methoxy groups -OCH3 is 1. The van der Waals surface area contributed by atoms with E-state index in [0.29, 0.717) is 12.2 Å². The third-order valence-corrected chi connectivity index (χ3v) is 3.32. The van der Waals surface area contributed by atoms with Gasteiger partial charge >= 0.3 is 5.97 Å². The Labute approximate surface area is 120 Å². The smallest absolute Gasteiger partial charge is 0.339 e. The summed E-state index contributed by atoms with van der Waals surface area (Å²) >= 11 is 5.88. The van der Waals surface area contributed by atoms with Crippen LogP contribution in [0.2, 0.25) is 5.02 Å². The molecule has 1 aliphatic rings. The van der Waals surface area contributed by atoms with E-state index in [0.717, 1.165) is 0 Å². The predicted molar refractivity (Wildman–Crippen MR) is 72.5 cm³/mol. The number of hydrogen-bond donors (Lipinski definition) is 2. The maximum absolute atomic E-state index is 11.9. The summed E-state index contributed by atoms with van der Waals surface area (Å²) in [5.74, 6) is -1.40. The fourth-order valence-electron chi connectivity index (χ4n) is 1.90. The molecule has 0 aliphatic carbocycles. The van der Waals surface area contributed by atoms with Crippen LogP contribution in [0.15, 0.2) is 18.2 Å². The van der Waals surface area contributed by atoms with Gasteiger partial charge in [0.05, 0.1) is 23.6 Å². The number of nitrogens with one attached hydrogen (secondary N) is 2. The molecule has 1 unspecified atom stereocenters. The Morgan fingerprint density at radius 2 is 2.20 bits per heavy atom. The SMILES string of the molecule is COC(=O)c1cc(NC(=O)C2CNC(=O)C2)ccc1Cl. The van der Waals surface area contributed by atoms with Gasteiger partial charge in [0.1, 0.15) is 0 Å². The van der Waals surface area contributed by atoms with E-state index < -0.39 is 11.9 Å². The van der Waals surface area contributed by atoms with E-state index in [1.807, 2.05) is 0 Å². The van der Waals surface area contributed by atoms with Crippen LogP contribution in [0.4, 0.5) is 5.69 Å². The molecule has 0 aromatic heterocycles. The number of ether oxygens (including phenoxy) is 1. The van der Waals surface area contributed by atoms with Crippen molar-refractivity contribution < 1.29 is 19.1 Å². The van der Waals surface area contributed by atoms with E-state index in [1.165, 1.54) is 19.2 Å². The van der Waals surface area contributed by atoms with E-state index >= 15 is 0 Å². The first kappa shape index (κ1) is 14.3. The Kier molecular flexibility index (Phi) is 4.24. The van der Waals surface area contributed by atoms with Crippen molar-refractivity contribution in [1.82, 2.24) is 5.32 Å². The molecule has 1 aromatic carbocycles. The second-order valence-electron chi connectivity index (χ2n) is 4.38. The molecule has 1 saturated heterocycles. The number of hydrogen-bond acceptors (Lipinski definition) is 4. The molecule has 1 atom stereocenters. The molecule has 6 nitrogen and oxygen atoms in total. The van der Waals surface area contributed by atoms with Crippen LogP contribution in [-0.4, -0.2) is 31.4 Å². The second kappa shape index (κ2) is 5.92. The highest BCUT2D eigenvalue weighted by Gasteiger charge is 2.28. The first-order valence-corrected chi connectivity index (χ1v) is 6.34. The van der Waals surface area contributed by atoms with Crippen molar-refractivity contribution >= 4 is 35.1 Å². The van der Waals surface area contributed by atoms with Crippen molar-refractivity contribution in [3.05, 3.63) is 28.8 Å². The average molecular weight is 297 g/mol. The van der Waals surface area contributed by atoms with Crippen molar-refractivity contribution in [2.75, 3.05) is 19.0 Å². The van der Waals surface area contributed by atoms with Gasteiger partial charge in [0.15, 0.2) is 0 Å². The first-order chi connectivity index (χ1) is 9.51. The van der Waals surface area contributed by atoms with Gasteiger partial charge in [-0.2, -0.15) is 0 Å². The van der Waals surface area contributed by atoms with Gasteiger partial charge in [0.2, 0.25) is 11.8 Å². The fraction of sp³-hybridized carbons (Fsp3) is 0.308. The van der Waals surface area contributed by atoms with Crippen LogP contribution in [0.1, 0.15) is 16.8 Å². The molecule has 1 aliphatic heterocycles. The maximum atomic E-state index is 11.9. The molecular formula is C13H13ClN2O4. The predicted octanol–water partition coefficient (Wildman–Crippen LogP) is 1.20. The highest BCUT2D eigenvalue weighted by molar-refractivity contribution is 6.33. The topological polar surface area (TPSA) is 84.5 Å². The molecule has 1 aromatic rings. The molecule has 0 radical (unpaired) electrons. The summed E-state index contributed by atoms with van der Waals surface area (Å²) in [6, 6.07) is 4.52. The molecule has 1 heterocycles. The number of anilines is 1. The van der Waals surface area contributed by atoms with Gasteiger partial charge in [-0.25, -0.2) is 4.79 Å². The lowest BCUT2D eigenvalue weighted by atomic mass is 10.1. The molecule has 2 rings (SSSR count). The summed E-state index contributed by atoms with van der Waals surface area (Å²) in [5.41, 5.74) is 0.603. The van der Waals surface area contributed by atoms with Gasteiger partial charge in [-0.15, -0.1) is 0 Å². The number of esters is 1. The summed E-state index contributed by atoms with van der Waals surface area (Å²) in [7, 11) is 1.25. The minimum atomic E-state index is -0.580. The molecule has 20 heavy (non-hydrogen) atoms. The van der Waals surface area contributed by atoms with E-state index in [1.54, 1.807) is 6.07 Å². The second-order valence-corrected chi connectivity index (χ2v) is 4.79. The van der Waals surface area contributed by atoms with E-state index in [2.05, 4.69) is 15.4 Å². The highest BCUT2D eigenvalue weighted by atomic mass is 35.5. The summed E-state index contributed by atoms with van der Waals surface area (Å²) in [4.78, 5) is 34.5. The van der Waals surface area contributed by atoms with Crippen LogP contribution in [-0.2, 0) is 14.3 Å². The summed E-state index contributed by atoms with van der Waals surface area (Å²) in [6.07, 6.45) is 0.170. The first-order valence-electron chi connectivity index (χ1n) is 5.96. The van der Waals surface area contributed by atoms with Gasteiger partial charge in [-0.3, -0.25) is 9.59 Å². The number of rotatable bonds is 3. The number of carbonyl (C=O) groups is 3. The van der Waals surface area contributed by atoms with Crippen LogP contribution in [0.5, 0.6) is 0 Å². The Hall–Kier alpha value is -2.08. The van der Waals surface area contributed by atoms with Crippen LogP contribution in [0.3, 0.4) is 0 Å². The monoisotopic (exact) mass is 296 g/mol. The van der Waals surface area contributed by atoms with Crippen molar-refractivity contribution in [2.24, 2.45) is 5.92 Å². The Morgan fingerprint density at radius 1 is 1.45 bits per heavy atom. The summed E-state index contributed by atoms with van der Waals surface area (Å²) in [5, 5.41) is 5.49. The Balaban J connectivity index is 2.11. The quantitative estimate of drug-likeness (QED) is 0.821. The zero-order valence-electron chi connectivity index (χ0n) is 10.7. The largest absolute Gasteiger partial charge is 0.465 e. The van der Waals surface area contributed by atoms with Crippen molar-refractivity contribution in [2.45, 2.75) is 6.42 Å². The van der Waals surface area contributed by atoms with Gasteiger partial charge in [0, 0.05) is 18.7 Å². The van der Waals surface area contributed by atoms with Crippen LogP contribution in [0.25, 0.3) is 0 Å². The Morgan fingerprint density at radius 3 is 2.80 bits per heavy atom. The van der Waals surface area contributed by atoms with Crippen molar-refractivity contribution in [3.63, 3.8) is 0 Å². The molecular weight excluding hydrogens is 284 g/mol. The van der Waals surface area contributed by atoms with E-state index in [9.17, 15) is 14.4 Å². The minimum Gasteiger partial charge on any atom is -0.465 e. The highest BCUT2D eigenvalue weighted by Crippen LogP contribution is 2.22. The van der Waals surface area contributed by atoms with Gasteiger partial charge in [-0.05, 0) is 18.2 Å². The maximum Gasteiger partial charge on any atom is 0.339 e. The lowest BCUT2D eigenvalue weighted by Crippen LogP contribution is -2.24. The summed E-state index contributed by atoms with van der Waals surface area (Å²) in [6.45, 7) is 0.322. The van der Waals surface area contributed by atoms with Gasteiger partial charge in [-0.1, -0.05) is 11.6 Å². The van der Waals surface area contributed by atoms with E-state index in [4.69, 9.17) is 11.6 Å². The van der Waals surface area contributed by atoms with Crippen molar-refractivity contribution in [3.8, 4) is 0 Å². The molecule has 2 amide bonds. The third-order valence-electron chi connectivity index (χ3n) is 2.99. The molecule has 0 saturated carbocycles. The molecule has 2 N–H and O–H groups in total. The lowest BCUT2D eigenvalue weighted by molar-refractivity contribution is -0.123. The third kappa shape index (κ3) is 3.08. The molecule has 7 heteroatoms. The normalized spacial score (nSPS) is 17.5. The number of benzene rings is 1. The average Bonchev–Trinajstić information content (AvgIpc) is 2.87. The molecule has 106 valence electrons. The van der Waals surface area contributed by atoms with Gasteiger partial charge in [0.25, 0.3) is 0 Å². The zero-order valence-corrected chi connectivity index (χ0v) is 11.5. The number of carbonyl (C=O) groups excluding carboxylic acids is 3. The standard InChI is InChI=1S/C13H13ClN2O4/c1-20-13(19)9-5-8(2-3-10(9)14)16-12(18)7-4-11(17)15-6-7/h2-3,5,7H,4,6H2,1H3,(H,15,17)(H,16,18). The van der Waals surface area contributed by atoms with Gasteiger partial charge < -0.3 is 15.4 Å². The zero-order chi connectivity index (χ0) is 14.7. The van der Waals surface area contributed by atoms with Crippen molar-refractivity contribution in [1.29, 1.82) is 0 Å². The molecule has 1 fully saturated rings. The van der Waals surface area contributed by atoms with Crippen LogP contribution < -0.4 is 10.6 Å². The number of amides is 2.